The van der Waals surface area contributed by atoms with E-state index in [1.165, 1.54) is 5.56 Å². The van der Waals surface area contributed by atoms with Crippen molar-refractivity contribution in [2.24, 2.45) is 0 Å². The van der Waals surface area contributed by atoms with Crippen molar-refractivity contribution in [1.82, 2.24) is 14.8 Å². The van der Waals surface area contributed by atoms with E-state index in [-0.39, 0.29) is 5.75 Å². The first-order valence-electron chi connectivity index (χ1n) is 9.76. The lowest BCUT2D eigenvalue weighted by Gasteiger charge is -2.12. The standard InChI is InChI=1S/C26H19N3O/c30-24-14-8-7-13-23(24)26-28-27-25(29(26)22-11-5-2-6-12-22)21-17-15-20(16-18-21)19-9-3-1-4-10-19/h1-18,30H. The highest BCUT2D eigenvalue weighted by Crippen LogP contribution is 2.33. The fourth-order valence-corrected chi connectivity index (χ4v) is 3.57. The number of nitrogens with zero attached hydrogens (tertiary/aromatic N) is 3. The van der Waals surface area contributed by atoms with Crippen molar-refractivity contribution >= 4 is 0 Å². The van der Waals surface area contributed by atoms with Gasteiger partial charge in [-0.15, -0.1) is 10.2 Å². The van der Waals surface area contributed by atoms with Crippen LogP contribution in [0.25, 0.3) is 39.6 Å². The summed E-state index contributed by atoms with van der Waals surface area (Å²) >= 11 is 0. The molecule has 5 aromatic rings. The van der Waals surface area contributed by atoms with Gasteiger partial charge in [0.1, 0.15) is 5.75 Å². The van der Waals surface area contributed by atoms with Crippen LogP contribution < -0.4 is 0 Å². The fraction of sp³-hybridized carbons (Fsp3) is 0. The molecule has 0 atom stereocenters. The molecule has 1 aromatic heterocycles. The van der Waals surface area contributed by atoms with Gasteiger partial charge in [0.05, 0.1) is 5.56 Å². The Balaban J connectivity index is 1.65. The lowest BCUT2D eigenvalue weighted by atomic mass is 10.0. The normalized spacial score (nSPS) is 10.8. The lowest BCUT2D eigenvalue weighted by molar-refractivity contribution is 0.476. The third-order valence-electron chi connectivity index (χ3n) is 5.07. The molecule has 4 nitrogen and oxygen atoms in total. The zero-order valence-corrected chi connectivity index (χ0v) is 16.2. The number of hydrogen-bond acceptors (Lipinski definition) is 3. The molecule has 0 amide bonds. The molecule has 0 radical (unpaired) electrons. The number of benzene rings is 4. The quantitative estimate of drug-likeness (QED) is 0.412. The minimum atomic E-state index is 0.174. The van der Waals surface area contributed by atoms with Crippen molar-refractivity contribution < 1.29 is 5.11 Å². The highest BCUT2D eigenvalue weighted by molar-refractivity contribution is 5.72. The summed E-state index contributed by atoms with van der Waals surface area (Å²) in [5.41, 5.74) is 4.84. The first-order valence-corrected chi connectivity index (χ1v) is 9.76. The number of aromatic hydroxyl groups is 1. The number of aromatic nitrogens is 3. The van der Waals surface area contributed by atoms with Gasteiger partial charge in [-0.05, 0) is 35.4 Å². The topological polar surface area (TPSA) is 50.9 Å². The van der Waals surface area contributed by atoms with Gasteiger partial charge in [-0.3, -0.25) is 4.57 Å². The van der Waals surface area contributed by atoms with E-state index in [9.17, 15) is 5.11 Å². The Bertz CT molecular complexity index is 1280. The van der Waals surface area contributed by atoms with E-state index in [0.29, 0.717) is 11.4 Å². The molecule has 0 aliphatic heterocycles. The number of phenols is 1. The van der Waals surface area contributed by atoms with Crippen LogP contribution in [0.15, 0.2) is 109 Å². The predicted molar refractivity (Wildman–Crippen MR) is 119 cm³/mol. The van der Waals surface area contributed by atoms with Gasteiger partial charge in [-0.2, -0.15) is 0 Å². The third-order valence-corrected chi connectivity index (χ3v) is 5.07. The Kier molecular flexibility index (Phi) is 4.58. The van der Waals surface area contributed by atoms with Crippen molar-refractivity contribution in [3.8, 4) is 45.3 Å². The Morgan fingerprint density at radius 3 is 1.73 bits per heavy atom. The smallest absolute Gasteiger partial charge is 0.172 e. The van der Waals surface area contributed by atoms with Gasteiger partial charge < -0.3 is 5.11 Å². The minimum absolute atomic E-state index is 0.174. The number of hydrogen-bond donors (Lipinski definition) is 1. The van der Waals surface area contributed by atoms with Gasteiger partial charge >= 0.3 is 0 Å². The molecule has 0 aliphatic rings. The van der Waals surface area contributed by atoms with E-state index in [0.717, 1.165) is 22.6 Å². The molecule has 5 rings (SSSR count). The van der Waals surface area contributed by atoms with Crippen LogP contribution in [0.4, 0.5) is 0 Å². The second kappa shape index (κ2) is 7.68. The maximum Gasteiger partial charge on any atom is 0.172 e. The zero-order valence-electron chi connectivity index (χ0n) is 16.2. The van der Waals surface area contributed by atoms with Crippen LogP contribution in [0.1, 0.15) is 0 Å². The fourth-order valence-electron chi connectivity index (χ4n) is 3.57. The van der Waals surface area contributed by atoms with Crippen LogP contribution in [-0.4, -0.2) is 19.9 Å². The van der Waals surface area contributed by atoms with Crippen LogP contribution in [0.2, 0.25) is 0 Å². The average Bonchev–Trinajstić information content (AvgIpc) is 3.25. The van der Waals surface area contributed by atoms with Crippen molar-refractivity contribution in [2.75, 3.05) is 0 Å². The van der Waals surface area contributed by atoms with Gasteiger partial charge in [0.2, 0.25) is 0 Å². The van der Waals surface area contributed by atoms with Gasteiger partial charge in [0.15, 0.2) is 11.6 Å². The molecule has 0 saturated heterocycles. The van der Waals surface area contributed by atoms with E-state index >= 15 is 0 Å². The van der Waals surface area contributed by atoms with E-state index in [1.54, 1.807) is 12.1 Å². The Morgan fingerprint density at radius 2 is 1.03 bits per heavy atom. The van der Waals surface area contributed by atoms with Crippen LogP contribution in [-0.2, 0) is 0 Å². The van der Waals surface area contributed by atoms with Crippen molar-refractivity contribution in [3.63, 3.8) is 0 Å². The largest absolute Gasteiger partial charge is 0.507 e. The number of para-hydroxylation sites is 2. The molecule has 4 heteroatoms. The Morgan fingerprint density at radius 1 is 0.500 bits per heavy atom. The number of phenolic OH excluding ortho intramolecular Hbond substituents is 1. The maximum absolute atomic E-state index is 10.4. The summed E-state index contributed by atoms with van der Waals surface area (Å²) in [4.78, 5) is 0. The van der Waals surface area contributed by atoms with E-state index in [2.05, 4.69) is 46.6 Å². The summed E-state index contributed by atoms with van der Waals surface area (Å²) < 4.78 is 1.98. The monoisotopic (exact) mass is 389 g/mol. The van der Waals surface area contributed by atoms with Crippen molar-refractivity contribution in [2.45, 2.75) is 0 Å². The summed E-state index contributed by atoms with van der Waals surface area (Å²) in [6.45, 7) is 0. The zero-order chi connectivity index (χ0) is 20.3. The Labute approximate surface area is 174 Å². The average molecular weight is 389 g/mol. The van der Waals surface area contributed by atoms with E-state index in [4.69, 9.17) is 0 Å². The van der Waals surface area contributed by atoms with Gasteiger partial charge in [0, 0.05) is 11.3 Å². The summed E-state index contributed by atoms with van der Waals surface area (Å²) in [6.07, 6.45) is 0. The molecule has 0 saturated carbocycles. The van der Waals surface area contributed by atoms with E-state index < -0.39 is 0 Å². The molecule has 0 spiro atoms. The molecule has 1 N–H and O–H groups in total. The molecule has 4 aromatic carbocycles. The SMILES string of the molecule is Oc1ccccc1-c1nnc(-c2ccc(-c3ccccc3)cc2)n1-c1ccccc1. The summed E-state index contributed by atoms with van der Waals surface area (Å²) in [5.74, 6) is 1.49. The minimum Gasteiger partial charge on any atom is -0.507 e. The predicted octanol–water partition coefficient (Wildman–Crippen LogP) is 5.97. The lowest BCUT2D eigenvalue weighted by Crippen LogP contribution is -2.00. The summed E-state index contributed by atoms with van der Waals surface area (Å²) in [5, 5.41) is 19.3. The second-order valence-electron chi connectivity index (χ2n) is 6.98. The summed E-state index contributed by atoms with van der Waals surface area (Å²) in [6, 6.07) is 35.7. The highest BCUT2D eigenvalue weighted by atomic mass is 16.3. The first kappa shape index (κ1) is 17.9. The van der Waals surface area contributed by atoms with Crippen molar-refractivity contribution in [3.05, 3.63) is 109 Å². The molecule has 1 heterocycles. The molecule has 0 fully saturated rings. The second-order valence-corrected chi connectivity index (χ2v) is 6.98. The van der Waals surface area contributed by atoms with E-state index in [1.807, 2.05) is 65.2 Å². The van der Waals surface area contributed by atoms with Gasteiger partial charge in [-0.25, -0.2) is 0 Å². The first-order chi connectivity index (χ1) is 14.8. The maximum atomic E-state index is 10.4. The molecule has 0 bridgehead atoms. The molecule has 0 aliphatic carbocycles. The third kappa shape index (κ3) is 3.25. The summed E-state index contributed by atoms with van der Waals surface area (Å²) in [7, 11) is 0. The van der Waals surface area contributed by atoms with Crippen LogP contribution in [0.5, 0.6) is 5.75 Å². The van der Waals surface area contributed by atoms with Crippen LogP contribution in [0, 0.1) is 0 Å². The molecular formula is C26H19N3O. The molecule has 0 unspecified atom stereocenters. The molecule has 30 heavy (non-hydrogen) atoms. The van der Waals surface area contributed by atoms with Gasteiger partial charge in [0.25, 0.3) is 0 Å². The van der Waals surface area contributed by atoms with Crippen molar-refractivity contribution in [1.29, 1.82) is 0 Å². The highest BCUT2D eigenvalue weighted by Gasteiger charge is 2.19. The molecule has 144 valence electrons. The Hall–Kier alpha value is -4.18. The molecular weight excluding hydrogens is 370 g/mol. The van der Waals surface area contributed by atoms with Crippen LogP contribution in [0.3, 0.4) is 0 Å². The number of rotatable bonds is 4. The van der Waals surface area contributed by atoms with Crippen LogP contribution >= 0.6 is 0 Å². The van der Waals surface area contributed by atoms with Gasteiger partial charge in [-0.1, -0.05) is 84.9 Å².